The van der Waals surface area contributed by atoms with E-state index in [1.807, 2.05) is 6.08 Å². The Morgan fingerprint density at radius 3 is 3.11 bits per heavy atom. The largest absolute Gasteiger partial charge is 0.381 e. The lowest BCUT2D eigenvalue weighted by molar-refractivity contribution is -0.148. The highest BCUT2D eigenvalue weighted by Gasteiger charge is 2.60. The summed E-state index contributed by atoms with van der Waals surface area (Å²) in [7, 11) is 0. The molecule has 2 aliphatic carbocycles. The number of Topliss-reactive ketones (excluding diaryl/α,β-unsaturated/α-hetero) is 1. The minimum Gasteiger partial charge on any atom is -0.381 e. The van der Waals surface area contributed by atoms with Gasteiger partial charge in [0.15, 0.2) is 0 Å². The van der Waals surface area contributed by atoms with E-state index in [2.05, 4.69) is 13.5 Å². The summed E-state index contributed by atoms with van der Waals surface area (Å²) in [6.45, 7) is 7.87. The summed E-state index contributed by atoms with van der Waals surface area (Å²) in [4.78, 5) is 12.5. The van der Waals surface area contributed by atoms with Gasteiger partial charge in [0, 0.05) is 17.3 Å². The normalized spacial score (nSPS) is 47.5. The van der Waals surface area contributed by atoms with E-state index in [4.69, 9.17) is 4.74 Å². The van der Waals surface area contributed by atoms with E-state index in [1.54, 1.807) is 0 Å². The summed E-state index contributed by atoms with van der Waals surface area (Å²) < 4.78 is 5.82. The van der Waals surface area contributed by atoms with E-state index < -0.39 is 0 Å². The highest BCUT2D eigenvalue weighted by atomic mass is 16.5. The van der Waals surface area contributed by atoms with Gasteiger partial charge in [-0.25, -0.2) is 0 Å². The monoisotopic (exact) mass is 248 g/mol. The second-order valence-corrected chi connectivity index (χ2v) is 6.76. The Hall–Kier alpha value is -0.630. The molecule has 1 aliphatic heterocycles. The number of ketones is 1. The molecule has 2 heteroatoms. The van der Waals surface area contributed by atoms with Crippen LogP contribution in [0, 0.1) is 22.7 Å². The van der Waals surface area contributed by atoms with Crippen LogP contribution in [0.5, 0.6) is 0 Å². The first-order chi connectivity index (χ1) is 8.63. The van der Waals surface area contributed by atoms with Crippen LogP contribution in [0.4, 0.5) is 0 Å². The fourth-order valence-corrected chi connectivity index (χ4v) is 5.07. The number of allylic oxidation sites excluding steroid dienone is 1. The topological polar surface area (TPSA) is 26.3 Å². The van der Waals surface area contributed by atoms with E-state index in [1.165, 1.54) is 19.3 Å². The summed E-state index contributed by atoms with van der Waals surface area (Å²) >= 11 is 0. The van der Waals surface area contributed by atoms with E-state index in [-0.39, 0.29) is 5.41 Å². The first kappa shape index (κ1) is 12.4. The van der Waals surface area contributed by atoms with Gasteiger partial charge in [0.2, 0.25) is 0 Å². The van der Waals surface area contributed by atoms with Crippen molar-refractivity contribution in [3.05, 3.63) is 12.7 Å². The summed E-state index contributed by atoms with van der Waals surface area (Å²) in [5.41, 5.74) is 0.135. The molecule has 0 N–H and O–H groups in total. The smallest absolute Gasteiger partial charge is 0.139 e. The van der Waals surface area contributed by atoms with Crippen molar-refractivity contribution in [2.45, 2.75) is 45.4 Å². The van der Waals surface area contributed by atoms with Crippen molar-refractivity contribution >= 4 is 5.78 Å². The molecule has 4 unspecified atom stereocenters. The summed E-state index contributed by atoms with van der Waals surface area (Å²) in [5.74, 6) is 1.68. The Morgan fingerprint density at radius 2 is 2.33 bits per heavy atom. The third-order valence-electron chi connectivity index (χ3n) is 6.03. The Labute approximate surface area is 110 Å². The average molecular weight is 248 g/mol. The zero-order valence-electron chi connectivity index (χ0n) is 11.4. The molecular weight excluding hydrogens is 224 g/mol. The van der Waals surface area contributed by atoms with E-state index >= 15 is 0 Å². The summed E-state index contributed by atoms with van der Waals surface area (Å²) in [5, 5.41) is 0. The first-order valence-corrected chi connectivity index (χ1v) is 7.35. The molecule has 100 valence electrons. The van der Waals surface area contributed by atoms with Crippen LogP contribution in [-0.2, 0) is 9.53 Å². The van der Waals surface area contributed by atoms with E-state index in [0.717, 1.165) is 32.5 Å². The molecule has 1 spiro atoms. The molecule has 2 nitrogen and oxygen atoms in total. The fourth-order valence-electron chi connectivity index (χ4n) is 5.07. The van der Waals surface area contributed by atoms with Gasteiger partial charge in [0.05, 0.1) is 13.2 Å². The molecule has 1 heterocycles. The molecule has 1 saturated heterocycles. The Morgan fingerprint density at radius 1 is 1.50 bits per heavy atom. The number of rotatable bonds is 2. The predicted molar refractivity (Wildman–Crippen MR) is 71.2 cm³/mol. The molecule has 3 fully saturated rings. The molecular formula is C16H24O2. The average Bonchev–Trinajstić information content (AvgIpc) is 2.78. The molecule has 0 aromatic rings. The lowest BCUT2D eigenvalue weighted by Crippen LogP contribution is -2.55. The predicted octanol–water partition coefficient (Wildman–Crippen LogP) is 3.36. The summed E-state index contributed by atoms with van der Waals surface area (Å²) in [6, 6.07) is 0. The molecule has 0 aromatic carbocycles. The number of carbonyl (C=O) groups is 1. The minimum atomic E-state index is -0.174. The van der Waals surface area contributed by atoms with Gasteiger partial charge in [-0.3, -0.25) is 4.79 Å². The first-order valence-electron chi connectivity index (χ1n) is 7.35. The standard InChI is InChI=1S/C16H24O2/c1-3-8-15(2)13-6-4-5-12-10-18-11-16(12,13)9-7-14(15)17/h3,12-13H,1,4-11H2,2H3. The zero-order valence-corrected chi connectivity index (χ0v) is 11.4. The molecule has 2 saturated carbocycles. The van der Waals surface area contributed by atoms with Crippen LogP contribution in [0.3, 0.4) is 0 Å². The Bertz CT molecular complexity index is 375. The molecule has 0 bridgehead atoms. The lowest BCUT2D eigenvalue weighted by atomic mass is 9.47. The van der Waals surface area contributed by atoms with Gasteiger partial charge in [-0.15, -0.1) is 6.58 Å². The van der Waals surface area contributed by atoms with Gasteiger partial charge in [-0.2, -0.15) is 0 Å². The zero-order chi connectivity index (χ0) is 12.8. The van der Waals surface area contributed by atoms with Crippen molar-refractivity contribution in [2.24, 2.45) is 22.7 Å². The van der Waals surface area contributed by atoms with Crippen LogP contribution in [0.25, 0.3) is 0 Å². The van der Waals surface area contributed by atoms with Crippen LogP contribution < -0.4 is 0 Å². The van der Waals surface area contributed by atoms with Crippen LogP contribution in [-0.4, -0.2) is 19.0 Å². The van der Waals surface area contributed by atoms with Crippen LogP contribution >= 0.6 is 0 Å². The lowest BCUT2D eigenvalue weighted by Gasteiger charge is -2.55. The van der Waals surface area contributed by atoms with Gasteiger partial charge in [0.25, 0.3) is 0 Å². The van der Waals surface area contributed by atoms with Gasteiger partial charge < -0.3 is 4.74 Å². The van der Waals surface area contributed by atoms with Crippen LogP contribution in [0.1, 0.15) is 45.4 Å². The number of hydrogen-bond donors (Lipinski definition) is 0. The maximum Gasteiger partial charge on any atom is 0.139 e. The van der Waals surface area contributed by atoms with Crippen molar-refractivity contribution < 1.29 is 9.53 Å². The highest BCUT2D eigenvalue weighted by molar-refractivity contribution is 5.86. The molecule has 18 heavy (non-hydrogen) atoms. The third-order valence-corrected chi connectivity index (χ3v) is 6.03. The Kier molecular flexibility index (Phi) is 2.89. The second kappa shape index (κ2) is 4.19. The number of ether oxygens (including phenoxy) is 1. The van der Waals surface area contributed by atoms with Gasteiger partial charge in [0.1, 0.15) is 5.78 Å². The van der Waals surface area contributed by atoms with Gasteiger partial charge in [-0.1, -0.05) is 19.4 Å². The maximum atomic E-state index is 12.5. The molecule has 3 rings (SSSR count). The highest BCUT2D eigenvalue weighted by Crippen LogP contribution is 2.62. The van der Waals surface area contributed by atoms with E-state index in [9.17, 15) is 4.79 Å². The van der Waals surface area contributed by atoms with Crippen molar-refractivity contribution in [3.63, 3.8) is 0 Å². The second-order valence-electron chi connectivity index (χ2n) is 6.76. The summed E-state index contributed by atoms with van der Waals surface area (Å²) in [6.07, 6.45) is 8.36. The van der Waals surface area contributed by atoms with Gasteiger partial charge in [-0.05, 0) is 37.5 Å². The molecule has 4 atom stereocenters. The van der Waals surface area contributed by atoms with Crippen molar-refractivity contribution in [2.75, 3.05) is 13.2 Å². The molecule has 0 aromatic heterocycles. The Balaban J connectivity index is 2.00. The molecule has 0 radical (unpaired) electrons. The van der Waals surface area contributed by atoms with Crippen LogP contribution in [0.2, 0.25) is 0 Å². The van der Waals surface area contributed by atoms with Crippen molar-refractivity contribution in [3.8, 4) is 0 Å². The van der Waals surface area contributed by atoms with Gasteiger partial charge >= 0.3 is 0 Å². The van der Waals surface area contributed by atoms with E-state index in [0.29, 0.717) is 23.0 Å². The van der Waals surface area contributed by atoms with Crippen molar-refractivity contribution in [1.29, 1.82) is 0 Å². The van der Waals surface area contributed by atoms with Crippen molar-refractivity contribution in [1.82, 2.24) is 0 Å². The van der Waals surface area contributed by atoms with Crippen LogP contribution in [0.15, 0.2) is 12.7 Å². The minimum absolute atomic E-state index is 0.174. The molecule has 0 amide bonds. The quantitative estimate of drug-likeness (QED) is 0.700. The number of hydrogen-bond acceptors (Lipinski definition) is 2. The molecule has 3 aliphatic rings. The number of carbonyl (C=O) groups excluding carboxylic acids is 1. The fraction of sp³-hybridized carbons (Fsp3) is 0.812. The SMILES string of the molecule is C=CCC1(C)C(=O)CCC23COCC2CCCC13. The third kappa shape index (κ3) is 1.48. The maximum absolute atomic E-state index is 12.5.